The van der Waals surface area contributed by atoms with Crippen LogP contribution in [0.5, 0.6) is 0 Å². The summed E-state index contributed by atoms with van der Waals surface area (Å²) in [5.74, 6) is -0.0923. The smallest absolute Gasteiger partial charge is 0.271 e. The first-order chi connectivity index (χ1) is 12.6. The summed E-state index contributed by atoms with van der Waals surface area (Å²) in [7, 11) is -4.01. The molecule has 2 N–H and O–H groups in total. The van der Waals surface area contributed by atoms with Crippen molar-refractivity contribution in [2.24, 2.45) is 5.92 Å². The molecule has 0 aliphatic rings. The topological polar surface area (TPSA) is 118 Å². The summed E-state index contributed by atoms with van der Waals surface area (Å²) in [6.45, 7) is 6.10. The molecule has 144 valence electrons. The number of aryl methyl sites for hydroxylation is 1. The Kier molecular flexibility index (Phi) is 6.17. The van der Waals surface area contributed by atoms with E-state index in [1.807, 2.05) is 13.8 Å². The van der Waals surface area contributed by atoms with Gasteiger partial charge >= 0.3 is 0 Å². The summed E-state index contributed by atoms with van der Waals surface area (Å²) >= 11 is 0. The number of carbonyl (C=O) groups excluding carboxylic acids is 1. The highest BCUT2D eigenvalue weighted by molar-refractivity contribution is 7.92. The van der Waals surface area contributed by atoms with Gasteiger partial charge in [-0.3, -0.25) is 19.6 Å². The Labute approximate surface area is 157 Å². The molecule has 27 heavy (non-hydrogen) atoms. The van der Waals surface area contributed by atoms with Crippen LogP contribution in [0.3, 0.4) is 0 Å². The van der Waals surface area contributed by atoms with Gasteiger partial charge in [0.25, 0.3) is 21.6 Å². The summed E-state index contributed by atoms with van der Waals surface area (Å²) in [6.07, 6.45) is 0. The SMILES string of the molecule is Cc1ccc(S(=O)(=O)Nc2cccc([N+](=O)[O-])c2)cc1C(=O)NCC(C)C. The van der Waals surface area contributed by atoms with E-state index < -0.39 is 14.9 Å². The van der Waals surface area contributed by atoms with Gasteiger partial charge in [0.1, 0.15) is 0 Å². The highest BCUT2D eigenvalue weighted by Gasteiger charge is 2.19. The minimum atomic E-state index is -4.01. The molecule has 1 amide bonds. The third-order valence-electron chi connectivity index (χ3n) is 3.74. The number of benzene rings is 2. The fourth-order valence-electron chi connectivity index (χ4n) is 2.30. The van der Waals surface area contributed by atoms with E-state index in [9.17, 15) is 23.3 Å². The highest BCUT2D eigenvalue weighted by Crippen LogP contribution is 2.22. The first kappa shape index (κ1) is 20.4. The van der Waals surface area contributed by atoms with Gasteiger partial charge in [-0.25, -0.2) is 8.42 Å². The van der Waals surface area contributed by atoms with Crippen molar-refractivity contribution >= 4 is 27.3 Å². The van der Waals surface area contributed by atoms with E-state index >= 15 is 0 Å². The van der Waals surface area contributed by atoms with Crippen LogP contribution >= 0.6 is 0 Å². The second kappa shape index (κ2) is 8.17. The maximum atomic E-state index is 12.6. The Bertz CT molecular complexity index is 971. The Balaban J connectivity index is 2.31. The minimum absolute atomic E-state index is 0.0654. The molecule has 0 aliphatic carbocycles. The van der Waals surface area contributed by atoms with E-state index in [0.29, 0.717) is 12.1 Å². The number of nitrogens with zero attached hydrogens (tertiary/aromatic N) is 1. The average Bonchev–Trinajstić information content (AvgIpc) is 2.59. The van der Waals surface area contributed by atoms with Crippen LogP contribution in [-0.4, -0.2) is 25.8 Å². The molecule has 0 saturated carbocycles. The van der Waals surface area contributed by atoms with Crippen LogP contribution in [0.1, 0.15) is 29.8 Å². The van der Waals surface area contributed by atoms with Crippen molar-refractivity contribution in [2.45, 2.75) is 25.7 Å². The molecule has 0 aliphatic heterocycles. The zero-order chi connectivity index (χ0) is 20.2. The number of hydrogen-bond acceptors (Lipinski definition) is 5. The van der Waals surface area contributed by atoms with Crippen LogP contribution in [0, 0.1) is 23.0 Å². The Morgan fingerprint density at radius 3 is 2.52 bits per heavy atom. The standard InChI is InChI=1S/C18H21N3O5S/c1-12(2)11-19-18(22)17-10-16(8-7-13(17)3)27(25,26)20-14-5-4-6-15(9-14)21(23)24/h4-10,12,20H,11H2,1-3H3,(H,19,22). The molecule has 0 bridgehead atoms. The lowest BCUT2D eigenvalue weighted by Gasteiger charge is -2.12. The second-order valence-corrected chi connectivity index (χ2v) is 8.18. The molecule has 2 aromatic rings. The molecule has 0 spiro atoms. The first-order valence-electron chi connectivity index (χ1n) is 8.26. The number of anilines is 1. The third kappa shape index (κ3) is 5.27. The van der Waals surface area contributed by atoms with Crippen molar-refractivity contribution in [3.8, 4) is 0 Å². The van der Waals surface area contributed by atoms with Crippen molar-refractivity contribution in [3.05, 3.63) is 63.7 Å². The van der Waals surface area contributed by atoms with Crippen LogP contribution in [-0.2, 0) is 10.0 Å². The normalized spacial score (nSPS) is 11.3. The molecule has 2 aromatic carbocycles. The predicted molar refractivity (Wildman–Crippen MR) is 102 cm³/mol. The number of sulfonamides is 1. The molecule has 0 atom stereocenters. The fraction of sp³-hybridized carbons (Fsp3) is 0.278. The predicted octanol–water partition coefficient (Wildman–Crippen LogP) is 3.09. The molecule has 0 aromatic heterocycles. The summed E-state index contributed by atoms with van der Waals surface area (Å²) in [5, 5.41) is 13.6. The lowest BCUT2D eigenvalue weighted by molar-refractivity contribution is -0.384. The van der Waals surface area contributed by atoms with Gasteiger partial charge < -0.3 is 5.32 Å². The van der Waals surface area contributed by atoms with E-state index in [1.165, 1.54) is 30.3 Å². The monoisotopic (exact) mass is 391 g/mol. The van der Waals surface area contributed by atoms with Crippen LogP contribution in [0.4, 0.5) is 11.4 Å². The van der Waals surface area contributed by atoms with E-state index in [4.69, 9.17) is 0 Å². The molecule has 0 unspecified atom stereocenters. The number of nitro groups is 1. The minimum Gasteiger partial charge on any atom is -0.352 e. The molecule has 9 heteroatoms. The summed E-state index contributed by atoms with van der Waals surface area (Å²) in [4.78, 5) is 22.5. The van der Waals surface area contributed by atoms with Crippen molar-refractivity contribution in [3.63, 3.8) is 0 Å². The summed E-state index contributed by atoms with van der Waals surface area (Å²) < 4.78 is 27.5. The molecule has 0 fully saturated rings. The number of non-ortho nitro benzene ring substituents is 1. The van der Waals surface area contributed by atoms with Crippen molar-refractivity contribution in [2.75, 3.05) is 11.3 Å². The fourth-order valence-corrected chi connectivity index (χ4v) is 3.38. The summed E-state index contributed by atoms with van der Waals surface area (Å²) in [5.41, 5.74) is 0.742. The lowest BCUT2D eigenvalue weighted by Crippen LogP contribution is -2.28. The van der Waals surface area contributed by atoms with Crippen molar-refractivity contribution < 1.29 is 18.1 Å². The first-order valence-corrected chi connectivity index (χ1v) is 9.74. The molecule has 0 saturated heterocycles. The Morgan fingerprint density at radius 1 is 1.19 bits per heavy atom. The van der Waals surface area contributed by atoms with Crippen molar-refractivity contribution in [1.29, 1.82) is 0 Å². The number of amides is 1. The van der Waals surface area contributed by atoms with E-state index in [1.54, 1.807) is 13.0 Å². The van der Waals surface area contributed by atoms with Crippen LogP contribution in [0.25, 0.3) is 0 Å². The number of rotatable bonds is 7. The van der Waals surface area contributed by atoms with Gasteiger partial charge in [-0.05, 0) is 36.6 Å². The molecule has 0 radical (unpaired) electrons. The molecule has 2 rings (SSSR count). The van der Waals surface area contributed by atoms with Crippen molar-refractivity contribution in [1.82, 2.24) is 5.32 Å². The van der Waals surface area contributed by atoms with Gasteiger partial charge in [0.15, 0.2) is 0 Å². The van der Waals surface area contributed by atoms with Crippen LogP contribution in [0.2, 0.25) is 0 Å². The van der Waals surface area contributed by atoms with Gasteiger partial charge in [-0.1, -0.05) is 26.0 Å². The summed E-state index contributed by atoms with van der Waals surface area (Å²) in [6, 6.07) is 9.42. The zero-order valence-electron chi connectivity index (χ0n) is 15.2. The average molecular weight is 391 g/mol. The van der Waals surface area contributed by atoms with Gasteiger partial charge in [-0.2, -0.15) is 0 Å². The second-order valence-electron chi connectivity index (χ2n) is 6.49. The zero-order valence-corrected chi connectivity index (χ0v) is 16.0. The largest absolute Gasteiger partial charge is 0.352 e. The van der Waals surface area contributed by atoms with Gasteiger partial charge in [0, 0.05) is 24.2 Å². The van der Waals surface area contributed by atoms with Crippen LogP contribution < -0.4 is 10.0 Å². The maximum Gasteiger partial charge on any atom is 0.271 e. The molecule has 8 nitrogen and oxygen atoms in total. The van der Waals surface area contributed by atoms with Gasteiger partial charge in [0.05, 0.1) is 15.5 Å². The van der Waals surface area contributed by atoms with E-state index in [2.05, 4.69) is 10.0 Å². The number of carbonyl (C=O) groups is 1. The van der Waals surface area contributed by atoms with E-state index in [0.717, 1.165) is 6.07 Å². The quantitative estimate of drug-likeness (QED) is 0.555. The van der Waals surface area contributed by atoms with Gasteiger partial charge in [0.2, 0.25) is 0 Å². The Hall–Kier alpha value is -2.94. The third-order valence-corrected chi connectivity index (χ3v) is 5.12. The number of nitro benzene ring substituents is 1. The molecular weight excluding hydrogens is 370 g/mol. The Morgan fingerprint density at radius 2 is 1.89 bits per heavy atom. The van der Waals surface area contributed by atoms with Gasteiger partial charge in [-0.15, -0.1) is 0 Å². The number of hydrogen-bond donors (Lipinski definition) is 2. The highest BCUT2D eigenvalue weighted by atomic mass is 32.2. The number of nitrogens with one attached hydrogen (secondary N) is 2. The van der Waals surface area contributed by atoms with Crippen LogP contribution in [0.15, 0.2) is 47.4 Å². The van der Waals surface area contributed by atoms with E-state index in [-0.39, 0.29) is 33.7 Å². The lowest BCUT2D eigenvalue weighted by atomic mass is 10.1. The molecular formula is C18H21N3O5S. The molecule has 0 heterocycles. The maximum absolute atomic E-state index is 12.6.